The van der Waals surface area contributed by atoms with E-state index in [9.17, 15) is 9.59 Å². The van der Waals surface area contributed by atoms with Crippen LogP contribution in [0.25, 0.3) is 11.0 Å². The van der Waals surface area contributed by atoms with Gasteiger partial charge in [-0.05, 0) is 31.8 Å². The molecule has 144 valence electrons. The molecule has 1 aliphatic heterocycles. The molecule has 1 unspecified atom stereocenters. The average molecular weight is 378 g/mol. The summed E-state index contributed by atoms with van der Waals surface area (Å²) < 4.78 is 11.2. The van der Waals surface area contributed by atoms with Crippen molar-refractivity contribution in [1.29, 1.82) is 0 Å². The van der Waals surface area contributed by atoms with Crippen molar-refractivity contribution in [3.63, 3.8) is 0 Å². The van der Waals surface area contributed by atoms with E-state index in [-0.39, 0.29) is 17.1 Å². The van der Waals surface area contributed by atoms with Gasteiger partial charge in [0.05, 0.1) is 24.1 Å². The molecule has 2 heterocycles. The normalized spacial score (nSPS) is 16.1. The molecular weight excluding hydrogens is 356 g/mol. The lowest BCUT2D eigenvalue weighted by Crippen LogP contribution is -2.35. The van der Waals surface area contributed by atoms with Gasteiger partial charge in [0.2, 0.25) is 5.76 Å². The maximum absolute atomic E-state index is 13.3. The molecule has 0 spiro atoms. The second-order valence-electron chi connectivity index (χ2n) is 7.15. The highest BCUT2D eigenvalue weighted by Gasteiger charge is 2.42. The van der Waals surface area contributed by atoms with Gasteiger partial charge in [-0.25, -0.2) is 0 Å². The van der Waals surface area contributed by atoms with Crippen molar-refractivity contribution in [1.82, 2.24) is 9.80 Å². The molecule has 4 rings (SSSR count). The van der Waals surface area contributed by atoms with Gasteiger partial charge in [0.1, 0.15) is 11.3 Å². The maximum atomic E-state index is 13.3. The Labute approximate surface area is 162 Å². The first-order valence-electron chi connectivity index (χ1n) is 9.16. The van der Waals surface area contributed by atoms with Crippen LogP contribution < -0.4 is 10.2 Å². The molecule has 6 heteroatoms. The summed E-state index contributed by atoms with van der Waals surface area (Å²) in [6.07, 6.45) is 0. The van der Waals surface area contributed by atoms with Crippen molar-refractivity contribution in [3.05, 3.63) is 75.6 Å². The Morgan fingerprint density at radius 2 is 1.86 bits per heavy atom. The summed E-state index contributed by atoms with van der Waals surface area (Å²) >= 11 is 0. The van der Waals surface area contributed by atoms with E-state index in [1.54, 1.807) is 30.2 Å². The highest BCUT2D eigenvalue weighted by Crippen LogP contribution is 2.38. The van der Waals surface area contributed by atoms with Crippen molar-refractivity contribution < 1.29 is 13.9 Å². The zero-order valence-corrected chi connectivity index (χ0v) is 16.1. The van der Waals surface area contributed by atoms with E-state index < -0.39 is 6.04 Å². The Bertz CT molecular complexity index is 1090. The van der Waals surface area contributed by atoms with Crippen LogP contribution >= 0.6 is 0 Å². The fraction of sp³-hybridized carbons (Fsp3) is 0.273. The monoisotopic (exact) mass is 378 g/mol. The van der Waals surface area contributed by atoms with Gasteiger partial charge in [0.15, 0.2) is 5.43 Å². The number of amides is 1. The highest BCUT2D eigenvalue weighted by molar-refractivity contribution is 5.99. The number of carbonyl (C=O) groups is 1. The Hall–Kier alpha value is -3.12. The third-order valence-electron chi connectivity index (χ3n) is 5.08. The largest absolute Gasteiger partial charge is 0.497 e. The Morgan fingerprint density at radius 1 is 1.11 bits per heavy atom. The minimum Gasteiger partial charge on any atom is -0.497 e. The number of hydrogen-bond donors (Lipinski definition) is 0. The van der Waals surface area contributed by atoms with Crippen LogP contribution in [-0.2, 0) is 0 Å². The van der Waals surface area contributed by atoms with Gasteiger partial charge in [-0.3, -0.25) is 9.59 Å². The maximum Gasteiger partial charge on any atom is 0.290 e. The minimum absolute atomic E-state index is 0.123. The molecule has 6 nitrogen and oxygen atoms in total. The molecule has 0 saturated carbocycles. The number of fused-ring (bicyclic) bond motifs is 2. The van der Waals surface area contributed by atoms with Crippen molar-refractivity contribution >= 4 is 16.9 Å². The number of ether oxygens (including phenoxy) is 1. The fourth-order valence-corrected chi connectivity index (χ4v) is 3.65. The molecule has 0 N–H and O–H groups in total. The topological polar surface area (TPSA) is 63.0 Å². The summed E-state index contributed by atoms with van der Waals surface area (Å²) in [6, 6.07) is 14.2. The van der Waals surface area contributed by atoms with Gasteiger partial charge in [0.25, 0.3) is 5.91 Å². The van der Waals surface area contributed by atoms with E-state index in [4.69, 9.17) is 9.15 Å². The molecule has 3 aromatic rings. The van der Waals surface area contributed by atoms with Crippen LogP contribution in [0.3, 0.4) is 0 Å². The molecule has 1 aromatic heterocycles. The van der Waals surface area contributed by atoms with E-state index in [2.05, 4.69) is 0 Å². The Balaban J connectivity index is 1.93. The zero-order valence-electron chi connectivity index (χ0n) is 16.1. The van der Waals surface area contributed by atoms with Gasteiger partial charge in [-0.15, -0.1) is 0 Å². The van der Waals surface area contributed by atoms with Crippen LogP contribution in [0, 0.1) is 0 Å². The number of benzene rings is 2. The summed E-state index contributed by atoms with van der Waals surface area (Å²) in [4.78, 5) is 30.3. The van der Waals surface area contributed by atoms with Gasteiger partial charge in [-0.1, -0.05) is 30.3 Å². The van der Waals surface area contributed by atoms with Gasteiger partial charge >= 0.3 is 0 Å². The van der Waals surface area contributed by atoms with Gasteiger partial charge in [-0.2, -0.15) is 0 Å². The van der Waals surface area contributed by atoms with Crippen molar-refractivity contribution in [2.75, 3.05) is 34.3 Å². The molecule has 0 radical (unpaired) electrons. The highest BCUT2D eigenvalue weighted by atomic mass is 16.5. The summed E-state index contributed by atoms with van der Waals surface area (Å²) in [5.74, 6) is 0.441. The summed E-state index contributed by atoms with van der Waals surface area (Å²) in [5.41, 5.74) is 1.49. The SMILES string of the molecule is COc1ccc2c(=O)c3c(oc2c1)C(=O)N(CCN(C)C)C3c1ccccc1. The number of methoxy groups -OCH3 is 1. The minimum atomic E-state index is -0.452. The molecule has 1 aliphatic rings. The molecule has 0 aliphatic carbocycles. The molecule has 28 heavy (non-hydrogen) atoms. The average Bonchev–Trinajstić information content (AvgIpc) is 2.99. The third kappa shape index (κ3) is 2.96. The summed E-state index contributed by atoms with van der Waals surface area (Å²) in [7, 11) is 5.45. The van der Waals surface area contributed by atoms with E-state index in [1.807, 2.05) is 49.3 Å². The zero-order chi connectivity index (χ0) is 19.8. The number of rotatable bonds is 5. The van der Waals surface area contributed by atoms with E-state index in [0.29, 0.717) is 35.4 Å². The predicted octanol–water partition coefficient (Wildman–Crippen LogP) is 2.91. The lowest BCUT2D eigenvalue weighted by Gasteiger charge is -2.26. The molecule has 2 aromatic carbocycles. The van der Waals surface area contributed by atoms with Crippen LogP contribution in [0.5, 0.6) is 5.75 Å². The van der Waals surface area contributed by atoms with Gasteiger partial charge < -0.3 is 19.0 Å². The predicted molar refractivity (Wildman–Crippen MR) is 107 cm³/mol. The molecule has 0 saturated heterocycles. The quantitative estimate of drug-likeness (QED) is 0.683. The number of carbonyl (C=O) groups excluding carboxylic acids is 1. The van der Waals surface area contributed by atoms with Crippen LogP contribution in [0.15, 0.2) is 57.7 Å². The summed E-state index contributed by atoms with van der Waals surface area (Å²) in [5, 5.41) is 0.447. The van der Waals surface area contributed by atoms with E-state index in [0.717, 1.165) is 5.56 Å². The first-order chi connectivity index (χ1) is 13.5. The van der Waals surface area contributed by atoms with Crippen LogP contribution in [0.2, 0.25) is 0 Å². The Morgan fingerprint density at radius 3 is 2.54 bits per heavy atom. The van der Waals surface area contributed by atoms with Gasteiger partial charge in [0, 0.05) is 19.2 Å². The van der Waals surface area contributed by atoms with Crippen molar-refractivity contribution in [2.45, 2.75) is 6.04 Å². The first kappa shape index (κ1) is 18.3. The smallest absolute Gasteiger partial charge is 0.290 e. The number of likely N-dealkylation sites (N-methyl/N-ethyl adjacent to an activating group) is 1. The third-order valence-corrected chi connectivity index (χ3v) is 5.08. The molecule has 0 fully saturated rings. The standard InChI is InChI=1S/C22H22N2O4/c1-23(2)11-12-24-19(14-7-5-4-6-8-14)18-20(25)16-10-9-15(27-3)13-17(16)28-21(18)22(24)26/h4-10,13,19H,11-12H2,1-3H3. The molecule has 0 bridgehead atoms. The fourth-order valence-electron chi connectivity index (χ4n) is 3.65. The van der Waals surface area contributed by atoms with Crippen LogP contribution in [0.1, 0.15) is 27.7 Å². The van der Waals surface area contributed by atoms with E-state index in [1.165, 1.54) is 0 Å². The molecule has 1 atom stereocenters. The second-order valence-corrected chi connectivity index (χ2v) is 7.15. The van der Waals surface area contributed by atoms with E-state index >= 15 is 0 Å². The van der Waals surface area contributed by atoms with Crippen molar-refractivity contribution in [2.24, 2.45) is 0 Å². The lowest BCUT2D eigenvalue weighted by atomic mass is 9.98. The van der Waals surface area contributed by atoms with Crippen LogP contribution in [-0.4, -0.2) is 50.0 Å². The molecule has 1 amide bonds. The van der Waals surface area contributed by atoms with Crippen LogP contribution in [0.4, 0.5) is 0 Å². The first-order valence-corrected chi connectivity index (χ1v) is 9.16. The molecular formula is C22H22N2O4. The number of hydrogen-bond acceptors (Lipinski definition) is 5. The lowest BCUT2D eigenvalue weighted by molar-refractivity contribution is 0.0716. The number of nitrogens with zero attached hydrogens (tertiary/aromatic N) is 2. The Kier molecular flexibility index (Phi) is 4.65. The second kappa shape index (κ2) is 7.13. The summed E-state index contributed by atoms with van der Waals surface area (Å²) in [6.45, 7) is 1.18. The van der Waals surface area contributed by atoms with Crippen molar-refractivity contribution in [3.8, 4) is 5.75 Å².